The van der Waals surface area contributed by atoms with Gasteiger partial charge in [0.15, 0.2) is 0 Å². The van der Waals surface area contributed by atoms with Crippen molar-refractivity contribution < 1.29 is 4.39 Å². The second kappa shape index (κ2) is 6.10. The van der Waals surface area contributed by atoms with Crippen LogP contribution in [-0.4, -0.2) is 18.9 Å². The van der Waals surface area contributed by atoms with E-state index in [-0.39, 0.29) is 11.7 Å². The fourth-order valence-corrected chi connectivity index (χ4v) is 1.62. The van der Waals surface area contributed by atoms with Gasteiger partial charge in [-0.25, -0.2) is 4.39 Å². The molecule has 0 radical (unpaired) electrons. The number of para-hydroxylation sites is 1. The summed E-state index contributed by atoms with van der Waals surface area (Å²) >= 11 is 0. The molecule has 0 aromatic heterocycles. The first-order valence-electron chi connectivity index (χ1n) is 5.47. The maximum Gasteiger partial charge on any atom is 0.146 e. The monoisotopic (exact) mass is 223 g/mol. The lowest BCUT2D eigenvalue weighted by Crippen LogP contribution is -2.26. The van der Waals surface area contributed by atoms with Crippen LogP contribution in [0, 0.1) is 11.2 Å². The third-order valence-corrected chi connectivity index (χ3v) is 2.45. The maximum absolute atomic E-state index is 13.5. The number of nitrogens with one attached hydrogen (secondary N) is 1. The molecule has 0 atom stereocenters. The van der Waals surface area contributed by atoms with Crippen molar-refractivity contribution in [1.82, 2.24) is 0 Å². The molecule has 1 rings (SSSR count). The van der Waals surface area contributed by atoms with Gasteiger partial charge < -0.3 is 10.6 Å². The van der Waals surface area contributed by atoms with Crippen LogP contribution in [0.3, 0.4) is 0 Å². The van der Waals surface area contributed by atoms with Crippen molar-refractivity contribution in [2.75, 3.05) is 18.0 Å². The predicted molar refractivity (Wildman–Crippen MR) is 65.4 cm³/mol. The Labute approximate surface area is 95.6 Å². The second-order valence-electron chi connectivity index (χ2n) is 3.66. The van der Waals surface area contributed by atoms with E-state index in [1.807, 2.05) is 17.9 Å². The smallest absolute Gasteiger partial charge is 0.146 e. The molecule has 4 heteroatoms. The highest BCUT2D eigenvalue weighted by Crippen LogP contribution is 2.18. The summed E-state index contributed by atoms with van der Waals surface area (Å²) in [5.74, 6) is -0.0169. The van der Waals surface area contributed by atoms with Gasteiger partial charge in [-0.15, -0.1) is 0 Å². The van der Waals surface area contributed by atoms with E-state index < -0.39 is 0 Å². The molecule has 0 unspecified atom stereocenters. The van der Waals surface area contributed by atoms with Gasteiger partial charge in [0.25, 0.3) is 0 Å². The molecule has 88 valence electrons. The molecule has 1 aromatic carbocycles. The van der Waals surface area contributed by atoms with E-state index in [0.29, 0.717) is 12.1 Å². The van der Waals surface area contributed by atoms with Gasteiger partial charge in [0.2, 0.25) is 0 Å². The zero-order valence-corrected chi connectivity index (χ0v) is 9.54. The fourth-order valence-electron chi connectivity index (χ4n) is 1.62. The summed E-state index contributed by atoms with van der Waals surface area (Å²) < 4.78 is 13.5. The number of rotatable bonds is 6. The summed E-state index contributed by atoms with van der Waals surface area (Å²) in [6.45, 7) is 3.45. The van der Waals surface area contributed by atoms with Gasteiger partial charge in [-0.3, -0.25) is 5.41 Å². The molecule has 0 aliphatic carbocycles. The Morgan fingerprint density at radius 3 is 2.69 bits per heavy atom. The van der Waals surface area contributed by atoms with Crippen LogP contribution in [0.15, 0.2) is 24.3 Å². The molecule has 0 fully saturated rings. The quantitative estimate of drug-likeness (QED) is 0.574. The number of anilines is 1. The molecule has 0 spiro atoms. The number of hydrogen-bond acceptors (Lipinski definition) is 2. The van der Waals surface area contributed by atoms with Gasteiger partial charge in [-0.2, -0.15) is 0 Å². The third kappa shape index (κ3) is 3.53. The van der Waals surface area contributed by atoms with E-state index in [2.05, 4.69) is 0 Å². The zero-order chi connectivity index (χ0) is 12.0. The zero-order valence-electron chi connectivity index (χ0n) is 9.54. The van der Waals surface area contributed by atoms with Crippen LogP contribution in [0.25, 0.3) is 0 Å². The van der Waals surface area contributed by atoms with Crippen molar-refractivity contribution >= 4 is 11.5 Å². The van der Waals surface area contributed by atoms with Crippen molar-refractivity contribution in [3.05, 3.63) is 30.1 Å². The van der Waals surface area contributed by atoms with Crippen LogP contribution >= 0.6 is 0 Å². The summed E-state index contributed by atoms with van der Waals surface area (Å²) in [6, 6.07) is 6.74. The number of amidine groups is 1. The minimum atomic E-state index is -0.202. The van der Waals surface area contributed by atoms with E-state index in [4.69, 9.17) is 11.1 Å². The number of halogens is 1. The first kappa shape index (κ1) is 12.5. The average Bonchev–Trinajstić information content (AvgIpc) is 2.25. The lowest BCUT2D eigenvalue weighted by Gasteiger charge is -2.23. The molecule has 0 aliphatic rings. The van der Waals surface area contributed by atoms with Crippen LogP contribution in [0.1, 0.15) is 19.8 Å². The molecule has 0 amide bonds. The summed E-state index contributed by atoms with van der Waals surface area (Å²) in [5, 5.41) is 7.13. The number of benzene rings is 1. The minimum absolute atomic E-state index is 0.185. The molecule has 3 nitrogen and oxygen atoms in total. The van der Waals surface area contributed by atoms with Gasteiger partial charge in [-0.05, 0) is 25.5 Å². The molecule has 0 bridgehead atoms. The van der Waals surface area contributed by atoms with Crippen molar-refractivity contribution in [2.24, 2.45) is 5.73 Å². The molecule has 0 saturated heterocycles. The van der Waals surface area contributed by atoms with Crippen LogP contribution in [0.2, 0.25) is 0 Å². The third-order valence-electron chi connectivity index (χ3n) is 2.45. The maximum atomic E-state index is 13.5. The summed E-state index contributed by atoms with van der Waals surface area (Å²) in [7, 11) is 0. The molecule has 0 saturated carbocycles. The number of nitrogens with two attached hydrogens (primary N) is 1. The summed E-state index contributed by atoms with van der Waals surface area (Å²) in [4.78, 5) is 1.96. The Bertz CT molecular complexity index is 352. The highest BCUT2D eigenvalue weighted by molar-refractivity contribution is 5.76. The normalized spacial score (nSPS) is 10.1. The standard InChI is InChI=1S/C12H18FN3/c1-2-16(9-5-8-12(14)15)11-7-4-3-6-10(11)13/h3-4,6-7H,2,5,8-9H2,1H3,(H3,14,15). The highest BCUT2D eigenvalue weighted by atomic mass is 19.1. The molecule has 0 heterocycles. The largest absolute Gasteiger partial charge is 0.388 e. The van der Waals surface area contributed by atoms with E-state index in [1.165, 1.54) is 6.07 Å². The van der Waals surface area contributed by atoms with E-state index in [0.717, 1.165) is 19.5 Å². The Morgan fingerprint density at radius 2 is 2.12 bits per heavy atom. The first-order valence-corrected chi connectivity index (χ1v) is 5.47. The van der Waals surface area contributed by atoms with Crippen LogP contribution in [-0.2, 0) is 0 Å². The molecular weight excluding hydrogens is 205 g/mol. The summed E-state index contributed by atoms with van der Waals surface area (Å²) in [5.41, 5.74) is 5.90. The molecular formula is C12H18FN3. The predicted octanol–water partition coefficient (Wildman–Crippen LogP) is 2.37. The van der Waals surface area contributed by atoms with Gasteiger partial charge in [0, 0.05) is 19.5 Å². The van der Waals surface area contributed by atoms with Crippen molar-refractivity contribution in [1.29, 1.82) is 5.41 Å². The molecule has 1 aromatic rings. The molecule has 3 N–H and O–H groups in total. The Morgan fingerprint density at radius 1 is 1.44 bits per heavy atom. The second-order valence-corrected chi connectivity index (χ2v) is 3.66. The number of nitrogens with zero attached hydrogens (tertiary/aromatic N) is 1. The van der Waals surface area contributed by atoms with Crippen molar-refractivity contribution in [3.63, 3.8) is 0 Å². The lowest BCUT2D eigenvalue weighted by atomic mass is 10.2. The molecule has 0 aliphatic heterocycles. The van der Waals surface area contributed by atoms with Crippen molar-refractivity contribution in [3.8, 4) is 0 Å². The van der Waals surface area contributed by atoms with E-state index >= 15 is 0 Å². The van der Waals surface area contributed by atoms with Gasteiger partial charge in [0.1, 0.15) is 5.82 Å². The molecule has 16 heavy (non-hydrogen) atoms. The summed E-state index contributed by atoms with van der Waals surface area (Å²) in [6.07, 6.45) is 1.34. The van der Waals surface area contributed by atoms with Crippen LogP contribution in [0.5, 0.6) is 0 Å². The Balaban J connectivity index is 2.60. The van der Waals surface area contributed by atoms with E-state index in [1.54, 1.807) is 12.1 Å². The van der Waals surface area contributed by atoms with Gasteiger partial charge in [-0.1, -0.05) is 12.1 Å². The van der Waals surface area contributed by atoms with Crippen LogP contribution in [0.4, 0.5) is 10.1 Å². The first-order chi connectivity index (χ1) is 7.65. The van der Waals surface area contributed by atoms with Crippen LogP contribution < -0.4 is 10.6 Å². The topological polar surface area (TPSA) is 53.1 Å². The highest BCUT2D eigenvalue weighted by Gasteiger charge is 2.08. The fraction of sp³-hybridized carbons (Fsp3) is 0.417. The number of hydrogen-bond donors (Lipinski definition) is 2. The minimum Gasteiger partial charge on any atom is -0.388 e. The Kier molecular flexibility index (Phi) is 4.76. The average molecular weight is 223 g/mol. The van der Waals surface area contributed by atoms with Crippen molar-refractivity contribution in [2.45, 2.75) is 19.8 Å². The van der Waals surface area contributed by atoms with E-state index in [9.17, 15) is 4.39 Å². The van der Waals surface area contributed by atoms with Gasteiger partial charge in [0.05, 0.1) is 11.5 Å². The Hall–Kier alpha value is -1.58. The SMILES string of the molecule is CCN(CCCC(=N)N)c1ccccc1F. The van der Waals surface area contributed by atoms with Gasteiger partial charge >= 0.3 is 0 Å². The lowest BCUT2D eigenvalue weighted by molar-refractivity contribution is 0.616.